The number of anilines is 1. The van der Waals surface area contributed by atoms with Crippen LogP contribution in [0.5, 0.6) is 0 Å². The number of fused-ring (bicyclic) bond motifs is 1. The van der Waals surface area contributed by atoms with Gasteiger partial charge in [-0.2, -0.15) is 0 Å². The fourth-order valence-corrected chi connectivity index (χ4v) is 1.95. The van der Waals surface area contributed by atoms with E-state index in [0.29, 0.717) is 30.7 Å². The van der Waals surface area contributed by atoms with Gasteiger partial charge in [0.25, 0.3) is 0 Å². The maximum Gasteiger partial charge on any atom is 0.419 e. The Morgan fingerprint density at radius 1 is 1.47 bits per heavy atom. The summed E-state index contributed by atoms with van der Waals surface area (Å²) in [5, 5.41) is 0. The van der Waals surface area contributed by atoms with Crippen LogP contribution >= 0.6 is 0 Å². The molecule has 19 heavy (non-hydrogen) atoms. The molecular formula is C13H16N2O4. The first-order valence-corrected chi connectivity index (χ1v) is 6.03. The highest BCUT2D eigenvalue weighted by Crippen LogP contribution is 2.18. The zero-order valence-electron chi connectivity index (χ0n) is 10.9. The highest BCUT2D eigenvalue weighted by Gasteiger charge is 2.09. The lowest BCUT2D eigenvalue weighted by Crippen LogP contribution is -2.14. The summed E-state index contributed by atoms with van der Waals surface area (Å²) in [7, 11) is 1.51. The number of ketones is 1. The summed E-state index contributed by atoms with van der Waals surface area (Å²) in [6.07, 6.45) is 1.09. The van der Waals surface area contributed by atoms with E-state index in [0.717, 1.165) is 5.52 Å². The molecule has 6 nitrogen and oxygen atoms in total. The van der Waals surface area contributed by atoms with Gasteiger partial charge in [0.2, 0.25) is 0 Å². The van der Waals surface area contributed by atoms with Gasteiger partial charge in [-0.3, -0.25) is 14.9 Å². The Bertz CT molecular complexity index is 642. The molecule has 0 saturated carbocycles. The molecule has 102 valence electrons. The highest BCUT2D eigenvalue weighted by atomic mass is 16.6. The Labute approximate surface area is 109 Å². The summed E-state index contributed by atoms with van der Waals surface area (Å²) < 4.78 is 6.71. The number of hydrogen-bond donors (Lipinski definition) is 1. The monoisotopic (exact) mass is 264 g/mol. The van der Waals surface area contributed by atoms with E-state index in [4.69, 9.17) is 9.25 Å². The third kappa shape index (κ3) is 3.03. The molecule has 1 aromatic carbocycles. The average Bonchev–Trinajstić information content (AvgIpc) is 2.65. The van der Waals surface area contributed by atoms with E-state index >= 15 is 0 Å². The first-order chi connectivity index (χ1) is 9.11. The molecule has 2 rings (SSSR count). The molecule has 0 bridgehead atoms. The van der Waals surface area contributed by atoms with Crippen molar-refractivity contribution in [1.29, 1.82) is 0 Å². The van der Waals surface area contributed by atoms with Crippen LogP contribution in [0.25, 0.3) is 11.1 Å². The van der Waals surface area contributed by atoms with Gasteiger partial charge in [0.15, 0.2) is 5.58 Å². The predicted octanol–water partition coefficient (Wildman–Crippen LogP) is 1.94. The molecule has 0 atom stereocenters. The van der Waals surface area contributed by atoms with E-state index in [-0.39, 0.29) is 5.78 Å². The molecule has 0 fully saturated rings. The Balaban J connectivity index is 2.26. The summed E-state index contributed by atoms with van der Waals surface area (Å²) in [6, 6.07) is 5.28. The van der Waals surface area contributed by atoms with Crippen molar-refractivity contribution in [3.8, 4) is 0 Å². The lowest BCUT2D eigenvalue weighted by atomic mass is 10.2. The van der Waals surface area contributed by atoms with Gasteiger partial charge in [-0.25, -0.2) is 4.79 Å². The number of aromatic nitrogens is 1. The molecule has 6 heteroatoms. The van der Waals surface area contributed by atoms with E-state index in [9.17, 15) is 9.59 Å². The summed E-state index contributed by atoms with van der Waals surface area (Å²) in [5.41, 5.74) is 4.59. The molecule has 0 aliphatic rings. The number of aryl methyl sites for hydroxylation is 1. The maximum atomic E-state index is 11.7. The second kappa shape index (κ2) is 5.71. The van der Waals surface area contributed by atoms with Gasteiger partial charge < -0.3 is 9.21 Å². The van der Waals surface area contributed by atoms with E-state index < -0.39 is 5.76 Å². The van der Waals surface area contributed by atoms with Crippen molar-refractivity contribution in [2.75, 3.05) is 12.6 Å². The zero-order valence-corrected chi connectivity index (χ0v) is 10.9. The molecule has 0 spiro atoms. The second-order valence-electron chi connectivity index (χ2n) is 4.31. The van der Waals surface area contributed by atoms with Gasteiger partial charge in [-0.05, 0) is 25.5 Å². The van der Waals surface area contributed by atoms with Crippen LogP contribution in [0.3, 0.4) is 0 Å². The van der Waals surface area contributed by atoms with Crippen LogP contribution in [-0.4, -0.2) is 17.5 Å². The third-order valence-corrected chi connectivity index (χ3v) is 2.80. The molecule has 0 aliphatic carbocycles. The smallest absolute Gasteiger partial charge is 0.408 e. The van der Waals surface area contributed by atoms with Crippen LogP contribution in [0, 0.1) is 0 Å². The van der Waals surface area contributed by atoms with Gasteiger partial charge in [0.05, 0.1) is 18.3 Å². The minimum Gasteiger partial charge on any atom is -0.408 e. The lowest BCUT2D eigenvalue weighted by Gasteiger charge is -2.03. The molecule has 0 aliphatic heterocycles. The van der Waals surface area contributed by atoms with Crippen molar-refractivity contribution in [2.24, 2.45) is 0 Å². The Hall–Kier alpha value is -2.08. The molecule has 2 aromatic rings. The summed E-state index contributed by atoms with van der Waals surface area (Å²) >= 11 is 0. The molecular weight excluding hydrogens is 248 g/mol. The molecule has 1 N–H and O–H groups in total. The highest BCUT2D eigenvalue weighted by molar-refractivity contribution is 5.77. The van der Waals surface area contributed by atoms with Gasteiger partial charge in [0, 0.05) is 19.0 Å². The van der Waals surface area contributed by atoms with Crippen LogP contribution in [0.2, 0.25) is 0 Å². The zero-order chi connectivity index (χ0) is 13.8. The van der Waals surface area contributed by atoms with Crippen LogP contribution < -0.4 is 11.2 Å². The van der Waals surface area contributed by atoms with Crippen molar-refractivity contribution in [1.82, 2.24) is 4.57 Å². The SMILES string of the molecule is CONc1ccc2c(c1)oc(=O)n2CCCC(C)=O. The normalized spacial score (nSPS) is 10.8. The molecule has 0 saturated heterocycles. The fourth-order valence-electron chi connectivity index (χ4n) is 1.95. The van der Waals surface area contributed by atoms with Gasteiger partial charge in [-0.1, -0.05) is 0 Å². The van der Waals surface area contributed by atoms with Crippen molar-refractivity contribution in [3.63, 3.8) is 0 Å². The number of Topliss-reactive ketones (excluding diaryl/α,β-unsaturated/α-hetero) is 1. The number of hydrogen-bond acceptors (Lipinski definition) is 5. The summed E-state index contributed by atoms with van der Waals surface area (Å²) in [5.74, 6) is -0.291. The van der Waals surface area contributed by atoms with Gasteiger partial charge in [0.1, 0.15) is 5.78 Å². The van der Waals surface area contributed by atoms with Gasteiger partial charge >= 0.3 is 5.76 Å². The second-order valence-corrected chi connectivity index (χ2v) is 4.31. The van der Waals surface area contributed by atoms with Crippen molar-refractivity contribution in [2.45, 2.75) is 26.3 Å². The fraction of sp³-hybridized carbons (Fsp3) is 0.385. The predicted molar refractivity (Wildman–Crippen MR) is 71.0 cm³/mol. The number of carbonyl (C=O) groups excluding carboxylic acids is 1. The molecule has 1 aromatic heterocycles. The summed E-state index contributed by atoms with van der Waals surface area (Å²) in [6.45, 7) is 2.02. The number of oxazole rings is 1. The summed E-state index contributed by atoms with van der Waals surface area (Å²) in [4.78, 5) is 27.4. The molecule has 0 radical (unpaired) electrons. The van der Waals surface area contributed by atoms with Gasteiger partial charge in [-0.15, -0.1) is 0 Å². The van der Waals surface area contributed by atoms with E-state index in [1.807, 2.05) is 0 Å². The van der Waals surface area contributed by atoms with Crippen molar-refractivity contribution in [3.05, 3.63) is 28.7 Å². The molecule has 0 unspecified atom stereocenters. The largest absolute Gasteiger partial charge is 0.419 e. The van der Waals surface area contributed by atoms with Crippen LogP contribution in [0.15, 0.2) is 27.4 Å². The average molecular weight is 264 g/mol. The Morgan fingerprint density at radius 2 is 2.26 bits per heavy atom. The topological polar surface area (TPSA) is 73.5 Å². The number of nitrogens with zero attached hydrogens (tertiary/aromatic N) is 1. The van der Waals surface area contributed by atoms with E-state index in [1.54, 1.807) is 25.1 Å². The standard InChI is InChI=1S/C13H16N2O4/c1-9(16)4-3-7-15-11-6-5-10(14-18-2)8-12(11)19-13(15)17/h5-6,8,14H,3-4,7H2,1-2H3. The van der Waals surface area contributed by atoms with E-state index in [1.165, 1.54) is 11.7 Å². The van der Waals surface area contributed by atoms with Crippen LogP contribution in [0.1, 0.15) is 19.8 Å². The van der Waals surface area contributed by atoms with Crippen molar-refractivity contribution < 1.29 is 14.0 Å². The van der Waals surface area contributed by atoms with Crippen LogP contribution in [0.4, 0.5) is 5.69 Å². The number of rotatable bonds is 6. The first-order valence-electron chi connectivity index (χ1n) is 6.03. The lowest BCUT2D eigenvalue weighted by molar-refractivity contribution is -0.117. The molecule has 1 heterocycles. The number of nitrogens with one attached hydrogen (secondary N) is 1. The quantitative estimate of drug-likeness (QED) is 0.807. The maximum absolute atomic E-state index is 11.7. The molecule has 0 amide bonds. The minimum absolute atomic E-state index is 0.118. The Morgan fingerprint density at radius 3 is 2.95 bits per heavy atom. The number of benzene rings is 1. The minimum atomic E-state index is -0.409. The van der Waals surface area contributed by atoms with Crippen molar-refractivity contribution >= 4 is 22.6 Å². The number of carbonyl (C=O) groups is 1. The Kier molecular flexibility index (Phi) is 4.01. The van der Waals surface area contributed by atoms with E-state index in [2.05, 4.69) is 5.48 Å². The first kappa shape index (κ1) is 13.4. The third-order valence-electron chi connectivity index (χ3n) is 2.80. The van der Waals surface area contributed by atoms with Crippen LogP contribution in [-0.2, 0) is 16.2 Å².